The molecule has 11 aromatic carbocycles. The Morgan fingerprint density at radius 3 is 1.10 bits per heavy atom. The average Bonchev–Trinajstić information content (AvgIpc) is 0.896. The molecule has 137 heavy (non-hydrogen) atoms. The molecule has 701 valence electrons. The third-order valence-electron chi connectivity index (χ3n) is 18.2. The largest absolute Gasteiger partial charge is 1.00 e. The van der Waals surface area contributed by atoms with E-state index in [9.17, 15) is 95.5 Å². The van der Waals surface area contributed by atoms with Crippen LogP contribution in [0.5, 0.6) is 44.9 Å². The average molecular weight is 2260 g/mol. The van der Waals surface area contributed by atoms with Crippen LogP contribution in [0.4, 0.5) is 75.4 Å². The van der Waals surface area contributed by atoms with Gasteiger partial charge < -0.3 is 59.0 Å². The number of nitrogens with two attached hydrogens (primary N) is 1. The number of nitrogens with zero attached hydrogens (tertiary/aromatic N) is 7. The zero-order chi connectivity index (χ0) is 98.2. The van der Waals surface area contributed by atoms with Gasteiger partial charge in [0, 0.05) is 64.1 Å². The van der Waals surface area contributed by atoms with Crippen molar-refractivity contribution in [2.24, 2.45) is 0 Å². The van der Waals surface area contributed by atoms with E-state index >= 15 is 0 Å². The maximum atomic E-state index is 14.0. The van der Waals surface area contributed by atoms with Crippen LogP contribution in [-0.4, -0.2) is 115 Å². The predicted octanol–water partition coefficient (Wildman–Crippen LogP) is 12.6. The molecular weight excluding hydrogens is 2210 g/mol. The van der Waals surface area contributed by atoms with Crippen LogP contribution >= 0.6 is 34.3 Å². The molecule has 0 unspecified atom stereocenters. The summed E-state index contributed by atoms with van der Waals surface area (Å²) in [4.78, 5) is 22.8. The van der Waals surface area contributed by atoms with Gasteiger partial charge in [-0.25, -0.2) is 66.1 Å². The van der Waals surface area contributed by atoms with Crippen molar-refractivity contribution in [3.05, 3.63) is 304 Å². The molecule has 0 bridgehead atoms. The van der Waals surface area contributed by atoms with Gasteiger partial charge in [0.15, 0.2) is 15.6 Å². The van der Waals surface area contributed by atoms with Gasteiger partial charge in [-0.1, -0.05) is 58.4 Å². The Morgan fingerprint density at radius 1 is 0.401 bits per heavy atom. The maximum Gasteiger partial charge on any atom is 1.00 e. The summed E-state index contributed by atoms with van der Waals surface area (Å²) in [5.41, 5.74) is 9.75. The van der Waals surface area contributed by atoms with E-state index in [-0.39, 0.29) is 178 Å². The van der Waals surface area contributed by atoms with E-state index in [1.807, 2.05) is 0 Å². The minimum Gasteiger partial charge on any atom is -1.00 e. The number of fused-ring (bicyclic) bond motifs is 3. The second-order valence-electron chi connectivity index (χ2n) is 26.6. The molecule has 0 aliphatic heterocycles. The Hall–Kier alpha value is -10.5. The van der Waals surface area contributed by atoms with Gasteiger partial charge in [0.05, 0.1) is 51.8 Å². The summed E-state index contributed by atoms with van der Waals surface area (Å²) in [6.07, 6.45) is 4.19. The van der Waals surface area contributed by atoms with Gasteiger partial charge in [-0.2, -0.15) is 34.4 Å². The molecule has 51 heteroatoms. The van der Waals surface area contributed by atoms with Crippen molar-refractivity contribution in [3.63, 3.8) is 0 Å². The first kappa shape index (κ1) is 110. The molecular formula is C86H55BClCs2F16N8O18S5. The van der Waals surface area contributed by atoms with Crippen LogP contribution in [0.15, 0.2) is 215 Å². The van der Waals surface area contributed by atoms with Crippen molar-refractivity contribution in [2.45, 2.75) is 20.4 Å². The first-order valence-electron chi connectivity index (χ1n) is 36.9. The van der Waals surface area contributed by atoms with Crippen LogP contribution in [0.25, 0.3) is 88.2 Å². The molecule has 0 amide bonds. The van der Waals surface area contributed by atoms with Crippen LogP contribution < -0.4 is 185 Å². The number of rotatable bonds is 22. The summed E-state index contributed by atoms with van der Waals surface area (Å²) in [5.74, 6) is -31.1. The molecule has 0 aliphatic carbocycles. The molecule has 0 spiro atoms. The number of anilines is 1. The Bertz CT molecular complexity index is 7460. The third-order valence-corrected chi connectivity index (χ3v) is 24.4. The number of methoxy groups -OCH3 is 5. The number of sulfone groups is 1. The second kappa shape index (κ2) is 48.9. The molecule has 16 rings (SSSR count). The molecule has 0 fully saturated rings. The van der Waals surface area contributed by atoms with Crippen LogP contribution in [0, 0.1) is 93.1 Å². The van der Waals surface area contributed by atoms with Gasteiger partial charge in [-0.15, -0.1) is 15.3 Å². The number of pyridine rings is 3. The molecule has 0 aliphatic rings. The number of hydrogen-bond donors (Lipinski definition) is 2. The zero-order valence-electron chi connectivity index (χ0n) is 71.5. The number of aromatic nitrogens is 7. The number of carbonyl (C=O) groups is 1. The summed E-state index contributed by atoms with van der Waals surface area (Å²) >= 11 is 8.13. The summed E-state index contributed by atoms with van der Waals surface area (Å²) in [5, 5.41) is 36.1. The molecule has 0 atom stereocenters. The number of carbonyl (C=O) groups excluding carboxylic acids is 1. The number of hydrogen-bond acceptors (Lipinski definition) is 28. The maximum absolute atomic E-state index is 14.0. The topological polar surface area (TPSA) is 362 Å². The molecule has 1 radical (unpaired) electrons. The molecule has 16 aromatic rings. The van der Waals surface area contributed by atoms with E-state index in [4.69, 9.17) is 60.7 Å². The van der Waals surface area contributed by atoms with Crippen molar-refractivity contribution < 1.29 is 291 Å². The van der Waals surface area contributed by atoms with Crippen molar-refractivity contribution in [1.29, 1.82) is 0 Å². The van der Waals surface area contributed by atoms with Crippen LogP contribution in [0.3, 0.4) is 0 Å². The van der Waals surface area contributed by atoms with E-state index < -0.39 is 144 Å². The normalized spacial score (nSPS) is 10.9. The fourth-order valence-corrected chi connectivity index (χ4v) is 17.1. The smallest absolute Gasteiger partial charge is 1.00 e. The Kier molecular flexibility index (Phi) is 39.3. The molecule has 0 saturated heterocycles. The summed E-state index contributed by atoms with van der Waals surface area (Å²) in [6.45, 7) is -0.181. The van der Waals surface area contributed by atoms with Crippen molar-refractivity contribution >= 4 is 116 Å². The second-order valence-corrected chi connectivity index (χ2v) is 34.0. The fourth-order valence-electron chi connectivity index (χ4n) is 12.2. The van der Waals surface area contributed by atoms with Gasteiger partial charge in [0.25, 0.3) is 16.9 Å². The molecule has 0 saturated carbocycles. The van der Waals surface area contributed by atoms with Gasteiger partial charge in [0.1, 0.15) is 77.9 Å². The fraction of sp³-hybridized carbons (Fsp3) is 0.0698. The predicted molar refractivity (Wildman–Crippen MR) is 456 cm³/mol. The van der Waals surface area contributed by atoms with Crippen LogP contribution in [0.1, 0.15) is 6.43 Å². The van der Waals surface area contributed by atoms with Crippen molar-refractivity contribution in [2.75, 3.05) is 41.3 Å². The van der Waals surface area contributed by atoms with E-state index in [0.717, 1.165) is 65.9 Å². The van der Waals surface area contributed by atoms with Crippen molar-refractivity contribution in [1.82, 2.24) is 35.3 Å². The van der Waals surface area contributed by atoms with E-state index in [1.54, 1.807) is 66.9 Å². The zero-order valence-corrected chi connectivity index (χ0v) is 87.9. The van der Waals surface area contributed by atoms with E-state index in [0.29, 0.717) is 123 Å². The quantitative estimate of drug-likeness (QED) is 0.00732. The monoisotopic (exact) mass is 2260 g/mol. The standard InChI is InChI=1S/C28H14F7NO4S.C26H19F2N3O4S2.C15H5ClF5NO3S.C13H10BF2O3.C3H5N3OS.CH2O3.2Cs.H/c1-39-21-11-13(15-8-16(29)12-17(30)9-15)2-4-20(21)27-19-5-3-18(10-14(19)6-7-36-27)41(37,38)40-28-25(34)23(32)22(31)24(33)26(28)35;1-34-23-12-15(17-9-18(27)13-19(28)10-17)3-5-22(23)25-21-6-4-20(11-16(21)7-8-29-25)37(32,33)14-24-30-31-26(35-2)36-24;16-15-8-2-1-7(5-6(8)3-4-22-15)26(23,24)25-14-12(20)10(18)9(17)11(19)13(14)21;1-18-13-6-8(2-3-12(13)19-14-17)9-4-10(15)7-11(16)5-9;1-7-3-6-5-2(4)8-3;2-1-4-3;;;/h2-12H,1H3;3-13H,14H2,1-2H3;1-5H;2-7,17H,1H3;1H3,(H2,4,5);1,3H;;;/q;;;;;;2*+1;-1/p-1. The Morgan fingerprint density at radius 2 is 0.745 bits per heavy atom. The van der Waals surface area contributed by atoms with Gasteiger partial charge in [-0.3, -0.25) is 14.8 Å². The van der Waals surface area contributed by atoms with Gasteiger partial charge >= 0.3 is 166 Å². The molecule has 3 N–H and O–H groups in total. The summed E-state index contributed by atoms with van der Waals surface area (Å²) < 4.78 is 331. The SMILES string of the molecule is COc1cc(-c2cc(F)cc(F)c2)ccc1-c1nccc2cc(S(=O)(=O)Oc3c(F)c(F)c(F)c(F)c3F)ccc12.COc1cc(-c2cc(F)cc(F)c2)ccc1O[B]O.COc1nnc(CS(=O)(=O)c2ccc3c(-c4ccc(-c5cc(F)cc(F)c5)cc4OC)nccc3c2)s1.COc1nnc(N)s1.O=CO[O-].O=S(=O)(Oc1c(F)c(F)c(F)c(F)c1F)c1ccc2c(Cl)nccc2c1.[Cs+].[Cs+].[H-]. The van der Waals surface area contributed by atoms with E-state index in [2.05, 4.69) is 48.6 Å². The summed E-state index contributed by atoms with van der Waals surface area (Å²) in [7, 11) is -5.89. The van der Waals surface area contributed by atoms with Crippen LogP contribution in [0.2, 0.25) is 5.15 Å². The number of benzene rings is 11. The van der Waals surface area contributed by atoms with Crippen LogP contribution in [-0.2, 0) is 45.5 Å². The first-order valence-corrected chi connectivity index (χ1v) is 43.4. The van der Waals surface area contributed by atoms with Crippen molar-refractivity contribution in [3.8, 4) is 101 Å². The molecule has 5 heterocycles. The number of ether oxygens (including phenoxy) is 5. The Balaban J connectivity index is 0.000000221. The molecule has 5 aromatic heterocycles. The molecule has 26 nitrogen and oxygen atoms in total. The van der Waals surface area contributed by atoms with E-state index in [1.165, 1.54) is 126 Å². The minimum atomic E-state index is -5.07. The Labute approximate surface area is 897 Å². The minimum absolute atomic E-state index is 0. The number of halogens is 17. The van der Waals surface area contributed by atoms with Gasteiger partial charge in [-0.05, 0) is 194 Å². The first-order chi connectivity index (χ1) is 64.2. The van der Waals surface area contributed by atoms with Gasteiger partial charge in [0.2, 0.25) is 74.8 Å². The summed E-state index contributed by atoms with van der Waals surface area (Å²) in [6, 6.07) is 40.1. The number of nitrogen functional groups attached to an aromatic ring is 1. The third kappa shape index (κ3) is 27.0.